The molecule has 0 aliphatic rings. The van der Waals surface area contributed by atoms with Crippen molar-refractivity contribution < 1.29 is 29.0 Å². The Hall–Kier alpha value is -3.24. The summed E-state index contributed by atoms with van der Waals surface area (Å²) in [5.74, 6) is -0.247. The second-order valence-electron chi connectivity index (χ2n) is 7.56. The molecule has 0 unspecified atom stereocenters. The Morgan fingerprint density at radius 1 is 0.963 bits per heavy atom. The Morgan fingerprint density at radius 3 is 1.93 bits per heavy atom. The number of imide groups is 1. The first kappa shape index (κ1) is 20.1. The Balaban J connectivity index is 2.60. The second kappa shape index (κ2) is 6.82. The molecule has 11 heteroatoms. The third-order valence-electron chi connectivity index (χ3n) is 2.88. The molecule has 0 spiro atoms. The van der Waals surface area contributed by atoms with Crippen molar-refractivity contribution in [1.29, 1.82) is 0 Å². The minimum absolute atomic E-state index is 0.0726. The smallest absolute Gasteiger partial charge is 0.425 e. The van der Waals surface area contributed by atoms with E-state index in [0.29, 0.717) is 4.90 Å². The molecule has 2 rings (SSSR count). The highest BCUT2D eigenvalue weighted by atomic mass is 16.6. The van der Waals surface area contributed by atoms with E-state index in [1.807, 2.05) is 0 Å². The molecule has 2 heterocycles. The van der Waals surface area contributed by atoms with Gasteiger partial charge in [-0.3, -0.25) is 0 Å². The number of fused-ring (bicyclic) bond motifs is 1. The molecule has 146 valence electrons. The second-order valence-corrected chi connectivity index (χ2v) is 7.56. The molecule has 0 aromatic carbocycles. The van der Waals surface area contributed by atoms with Crippen molar-refractivity contribution in [2.75, 3.05) is 4.90 Å². The number of amides is 2. The van der Waals surface area contributed by atoms with Crippen LogP contribution in [0.3, 0.4) is 0 Å². The van der Waals surface area contributed by atoms with Crippen LogP contribution in [0.25, 0.3) is 11.2 Å². The molecule has 0 bridgehead atoms. The van der Waals surface area contributed by atoms with Crippen LogP contribution in [0.4, 0.5) is 20.2 Å². The lowest BCUT2D eigenvalue weighted by Crippen LogP contribution is -2.44. The lowest BCUT2D eigenvalue weighted by Gasteiger charge is -2.27. The molecule has 0 fully saturated rings. The molecule has 11 nitrogen and oxygen atoms in total. The molecule has 2 aromatic heterocycles. The molecule has 1 N–H and O–H groups in total. The van der Waals surface area contributed by atoms with E-state index in [0.717, 1.165) is 17.2 Å². The molecule has 0 radical (unpaired) electrons. The largest absolute Gasteiger partial charge is 0.464 e. The number of ether oxygens (including phenoxy) is 2. The lowest BCUT2D eigenvalue weighted by atomic mass is 10.2. The molecular weight excluding hydrogens is 358 g/mol. The van der Waals surface area contributed by atoms with Crippen molar-refractivity contribution in [3.8, 4) is 0 Å². The zero-order chi connectivity index (χ0) is 20.6. The van der Waals surface area contributed by atoms with Crippen LogP contribution < -0.4 is 4.90 Å². The van der Waals surface area contributed by atoms with Gasteiger partial charge in [-0.05, 0) is 41.5 Å². The standard InChI is InChI=1S/C16H21N5O6/c1-15(2,3)26-13(24)21(14(25)27-16(4,5)6)11-9-10(17-7-18-11)20(8-19-9)12(22)23/h7-8H,1-6H3,(H,22,23). The topological polar surface area (TPSA) is 137 Å². The van der Waals surface area contributed by atoms with E-state index in [9.17, 15) is 19.5 Å². The van der Waals surface area contributed by atoms with Crippen molar-refractivity contribution in [1.82, 2.24) is 19.5 Å². The quantitative estimate of drug-likeness (QED) is 0.792. The van der Waals surface area contributed by atoms with Gasteiger partial charge in [0.25, 0.3) is 0 Å². The minimum atomic E-state index is -1.33. The van der Waals surface area contributed by atoms with E-state index in [-0.39, 0.29) is 17.0 Å². The van der Waals surface area contributed by atoms with Gasteiger partial charge in [0.1, 0.15) is 23.9 Å². The maximum Gasteiger partial charge on any atom is 0.425 e. The number of aromatic nitrogens is 4. The Labute approximate surface area is 154 Å². The van der Waals surface area contributed by atoms with Crippen molar-refractivity contribution in [3.05, 3.63) is 12.7 Å². The van der Waals surface area contributed by atoms with E-state index in [2.05, 4.69) is 15.0 Å². The third kappa shape index (κ3) is 4.68. The highest BCUT2D eigenvalue weighted by Crippen LogP contribution is 2.25. The first-order valence-electron chi connectivity index (χ1n) is 7.97. The zero-order valence-electron chi connectivity index (χ0n) is 15.9. The van der Waals surface area contributed by atoms with Crippen molar-refractivity contribution in [2.45, 2.75) is 52.7 Å². The number of carboxylic acid groups (broad SMARTS) is 1. The summed E-state index contributed by atoms with van der Waals surface area (Å²) in [5.41, 5.74) is -1.96. The third-order valence-corrected chi connectivity index (χ3v) is 2.88. The van der Waals surface area contributed by atoms with Gasteiger partial charge in [-0.1, -0.05) is 0 Å². The maximum atomic E-state index is 12.7. The molecule has 0 aliphatic carbocycles. The minimum Gasteiger partial charge on any atom is -0.464 e. The van der Waals surface area contributed by atoms with Crippen LogP contribution in [-0.4, -0.2) is 54.1 Å². The average molecular weight is 379 g/mol. The van der Waals surface area contributed by atoms with Gasteiger partial charge in [0.05, 0.1) is 0 Å². The summed E-state index contributed by atoms with van der Waals surface area (Å²) in [6.45, 7) is 9.79. The van der Waals surface area contributed by atoms with Gasteiger partial charge in [0, 0.05) is 0 Å². The molecular formula is C16H21N5O6. The Morgan fingerprint density at radius 2 is 1.48 bits per heavy atom. The number of carbonyl (C=O) groups excluding carboxylic acids is 2. The average Bonchev–Trinajstić information content (AvgIpc) is 2.88. The number of rotatable bonds is 1. The lowest BCUT2D eigenvalue weighted by molar-refractivity contribution is 0.0429. The van der Waals surface area contributed by atoms with Gasteiger partial charge in [-0.25, -0.2) is 33.9 Å². The maximum absolute atomic E-state index is 12.7. The van der Waals surface area contributed by atoms with Crippen LogP contribution in [0.15, 0.2) is 12.7 Å². The molecule has 2 aromatic rings. The number of anilines is 1. The predicted molar refractivity (Wildman–Crippen MR) is 93.7 cm³/mol. The summed E-state index contributed by atoms with van der Waals surface area (Å²) < 4.78 is 11.3. The van der Waals surface area contributed by atoms with E-state index in [1.165, 1.54) is 0 Å². The van der Waals surface area contributed by atoms with Gasteiger partial charge in [0.2, 0.25) is 0 Å². The van der Waals surface area contributed by atoms with Crippen LogP contribution in [0.1, 0.15) is 41.5 Å². The van der Waals surface area contributed by atoms with Crippen LogP contribution >= 0.6 is 0 Å². The van der Waals surface area contributed by atoms with Crippen LogP contribution in [-0.2, 0) is 9.47 Å². The van der Waals surface area contributed by atoms with Crippen LogP contribution in [0.2, 0.25) is 0 Å². The van der Waals surface area contributed by atoms with Gasteiger partial charge < -0.3 is 14.6 Å². The number of hydrogen-bond donors (Lipinski definition) is 1. The Bertz CT molecular complexity index is 865. The van der Waals surface area contributed by atoms with Gasteiger partial charge in [-0.15, -0.1) is 0 Å². The fraction of sp³-hybridized carbons (Fsp3) is 0.500. The summed E-state index contributed by atoms with van der Waals surface area (Å²) in [6.07, 6.45) is -1.40. The van der Waals surface area contributed by atoms with Crippen molar-refractivity contribution >= 4 is 35.3 Å². The molecule has 27 heavy (non-hydrogen) atoms. The monoisotopic (exact) mass is 379 g/mol. The normalized spacial score (nSPS) is 11.9. The number of carbonyl (C=O) groups is 3. The van der Waals surface area contributed by atoms with Crippen LogP contribution in [0.5, 0.6) is 0 Å². The van der Waals surface area contributed by atoms with Crippen molar-refractivity contribution in [3.63, 3.8) is 0 Å². The molecule has 0 aliphatic heterocycles. The molecule has 0 saturated heterocycles. The first-order chi connectivity index (χ1) is 12.3. The summed E-state index contributed by atoms with van der Waals surface area (Å²) in [4.78, 5) is 48.9. The van der Waals surface area contributed by atoms with E-state index >= 15 is 0 Å². The summed E-state index contributed by atoms with van der Waals surface area (Å²) in [6, 6.07) is 0. The highest BCUT2D eigenvalue weighted by Gasteiger charge is 2.35. The van der Waals surface area contributed by atoms with E-state index in [4.69, 9.17) is 9.47 Å². The zero-order valence-corrected chi connectivity index (χ0v) is 15.9. The van der Waals surface area contributed by atoms with E-state index < -0.39 is 29.5 Å². The summed E-state index contributed by atoms with van der Waals surface area (Å²) in [5, 5.41) is 9.19. The fourth-order valence-corrected chi connectivity index (χ4v) is 1.99. The van der Waals surface area contributed by atoms with Gasteiger partial charge in [-0.2, -0.15) is 4.90 Å². The summed E-state index contributed by atoms with van der Waals surface area (Å²) in [7, 11) is 0. The number of imidazole rings is 1. The summed E-state index contributed by atoms with van der Waals surface area (Å²) >= 11 is 0. The molecule has 0 saturated carbocycles. The Kier molecular flexibility index (Phi) is 5.07. The highest BCUT2D eigenvalue weighted by molar-refractivity contribution is 6.12. The van der Waals surface area contributed by atoms with Crippen molar-refractivity contribution in [2.24, 2.45) is 0 Å². The number of hydrogen-bond acceptors (Lipinski definition) is 8. The number of nitrogens with zero attached hydrogens (tertiary/aromatic N) is 5. The first-order valence-corrected chi connectivity index (χ1v) is 7.97. The van der Waals surface area contributed by atoms with Gasteiger partial charge in [0.15, 0.2) is 17.0 Å². The predicted octanol–water partition coefficient (Wildman–Crippen LogP) is 3.03. The van der Waals surface area contributed by atoms with E-state index in [1.54, 1.807) is 41.5 Å². The fourth-order valence-electron chi connectivity index (χ4n) is 1.99. The SMILES string of the molecule is CC(C)(C)OC(=O)N(C(=O)OC(C)(C)C)c1ncnc2c1ncn2C(=O)O. The molecule has 0 atom stereocenters. The van der Waals surface area contributed by atoms with Gasteiger partial charge >= 0.3 is 18.3 Å². The molecule has 2 amide bonds. The van der Waals surface area contributed by atoms with Crippen LogP contribution in [0, 0.1) is 0 Å².